The molecule has 1 N–H and O–H groups in total. The minimum atomic E-state index is -3.59. The van der Waals surface area contributed by atoms with E-state index in [1.54, 1.807) is 27.8 Å². The number of sulfonamides is 1. The third kappa shape index (κ3) is 3.11. The summed E-state index contributed by atoms with van der Waals surface area (Å²) in [5.74, 6) is 0. The van der Waals surface area contributed by atoms with Gasteiger partial charge in [-0.1, -0.05) is 0 Å². The fourth-order valence-corrected chi connectivity index (χ4v) is 3.91. The minimum Gasteiger partial charge on any atom is -0.388 e. The van der Waals surface area contributed by atoms with Crippen LogP contribution in [0, 0.1) is 25.2 Å². The van der Waals surface area contributed by atoms with Crippen molar-refractivity contribution in [3.63, 3.8) is 0 Å². The highest BCUT2D eigenvalue weighted by atomic mass is 32.2. The summed E-state index contributed by atoms with van der Waals surface area (Å²) in [5.41, 5.74) is 2.28. The molecule has 0 spiro atoms. The molecule has 20 heavy (non-hydrogen) atoms. The first-order valence-electron chi connectivity index (χ1n) is 6.39. The highest BCUT2D eigenvalue weighted by molar-refractivity contribution is 7.89. The van der Waals surface area contributed by atoms with Gasteiger partial charge in [0.2, 0.25) is 10.0 Å². The molecule has 0 aromatic heterocycles. The lowest BCUT2D eigenvalue weighted by Crippen LogP contribution is -2.35. The number of anilines is 1. The summed E-state index contributed by atoms with van der Waals surface area (Å²) in [6.07, 6.45) is 0.169. The van der Waals surface area contributed by atoms with Crippen molar-refractivity contribution in [2.45, 2.75) is 38.1 Å². The lowest BCUT2D eigenvalue weighted by Gasteiger charge is -2.24. The maximum absolute atomic E-state index is 12.7. The van der Waals surface area contributed by atoms with Gasteiger partial charge in [0, 0.05) is 25.8 Å². The fraction of sp³-hybridized carbons (Fsp3) is 0.500. The van der Waals surface area contributed by atoms with Gasteiger partial charge < -0.3 is 5.32 Å². The van der Waals surface area contributed by atoms with Gasteiger partial charge in [-0.15, -0.1) is 0 Å². The Hall–Kier alpha value is -1.58. The van der Waals surface area contributed by atoms with E-state index in [2.05, 4.69) is 5.32 Å². The quantitative estimate of drug-likeness (QED) is 0.904. The Morgan fingerprint density at radius 1 is 1.35 bits per heavy atom. The molecule has 0 fully saturated rings. The molecule has 0 heterocycles. The van der Waals surface area contributed by atoms with E-state index in [4.69, 9.17) is 5.26 Å². The molecule has 0 amide bonds. The number of rotatable bonds is 5. The number of nitriles is 1. The third-order valence-corrected chi connectivity index (χ3v) is 5.67. The van der Waals surface area contributed by atoms with Crippen LogP contribution in [0.2, 0.25) is 0 Å². The van der Waals surface area contributed by atoms with Gasteiger partial charge in [0.25, 0.3) is 0 Å². The van der Waals surface area contributed by atoms with Crippen molar-refractivity contribution in [2.24, 2.45) is 0 Å². The molecule has 0 aliphatic heterocycles. The lowest BCUT2D eigenvalue weighted by atomic mass is 10.1. The molecular formula is C14H21N3O2S. The first-order chi connectivity index (χ1) is 9.25. The van der Waals surface area contributed by atoms with Crippen LogP contribution in [0.1, 0.15) is 24.5 Å². The van der Waals surface area contributed by atoms with Crippen LogP contribution in [0.4, 0.5) is 5.69 Å². The maximum Gasteiger partial charge on any atom is 0.243 e. The summed E-state index contributed by atoms with van der Waals surface area (Å²) in [4.78, 5) is 0.323. The minimum absolute atomic E-state index is 0.169. The Balaban J connectivity index is 3.33. The number of nitrogens with one attached hydrogen (secondary N) is 1. The van der Waals surface area contributed by atoms with Crippen LogP contribution in [0.15, 0.2) is 17.0 Å². The van der Waals surface area contributed by atoms with Gasteiger partial charge in [-0.05, 0) is 44.0 Å². The summed E-state index contributed by atoms with van der Waals surface area (Å²) in [7, 11) is -0.281. The van der Waals surface area contributed by atoms with Crippen LogP contribution in [0.3, 0.4) is 0 Å². The second kappa shape index (κ2) is 6.25. The van der Waals surface area contributed by atoms with Crippen molar-refractivity contribution in [3.05, 3.63) is 23.3 Å². The summed E-state index contributed by atoms with van der Waals surface area (Å²) < 4.78 is 26.6. The second-order valence-electron chi connectivity index (χ2n) is 4.92. The van der Waals surface area contributed by atoms with Crippen molar-refractivity contribution in [1.29, 1.82) is 5.26 Å². The second-order valence-corrected chi connectivity index (χ2v) is 6.86. The smallest absolute Gasteiger partial charge is 0.243 e. The van der Waals surface area contributed by atoms with Gasteiger partial charge in [-0.3, -0.25) is 0 Å². The van der Waals surface area contributed by atoms with Crippen LogP contribution < -0.4 is 5.32 Å². The van der Waals surface area contributed by atoms with Crippen LogP contribution in [-0.4, -0.2) is 32.9 Å². The molecule has 0 aliphatic rings. The molecule has 1 atom stereocenters. The Bertz CT molecular complexity index is 609. The molecule has 0 radical (unpaired) electrons. The molecule has 6 heteroatoms. The van der Waals surface area contributed by atoms with Gasteiger partial charge in [0.1, 0.15) is 0 Å². The molecule has 0 saturated carbocycles. The normalized spacial score (nSPS) is 13.1. The molecular weight excluding hydrogens is 274 g/mol. The first-order valence-corrected chi connectivity index (χ1v) is 7.83. The lowest BCUT2D eigenvalue weighted by molar-refractivity contribution is 0.392. The predicted octanol–water partition coefficient (Wildman–Crippen LogP) is 2.27. The van der Waals surface area contributed by atoms with Crippen molar-refractivity contribution in [1.82, 2.24) is 4.31 Å². The highest BCUT2D eigenvalue weighted by Gasteiger charge is 2.28. The van der Waals surface area contributed by atoms with Crippen molar-refractivity contribution in [3.8, 4) is 6.07 Å². The number of aryl methyl sites for hydroxylation is 2. The van der Waals surface area contributed by atoms with Gasteiger partial charge in [0.15, 0.2) is 0 Å². The Morgan fingerprint density at radius 2 is 1.85 bits per heavy atom. The summed E-state index contributed by atoms with van der Waals surface area (Å²) in [5, 5.41) is 11.7. The van der Waals surface area contributed by atoms with Gasteiger partial charge in [-0.2, -0.15) is 9.57 Å². The van der Waals surface area contributed by atoms with Crippen molar-refractivity contribution in [2.75, 3.05) is 19.4 Å². The molecule has 5 nitrogen and oxygen atoms in total. The van der Waals surface area contributed by atoms with E-state index in [1.807, 2.05) is 18.2 Å². The number of benzene rings is 1. The summed E-state index contributed by atoms with van der Waals surface area (Å²) >= 11 is 0. The third-order valence-electron chi connectivity index (χ3n) is 3.39. The van der Waals surface area contributed by atoms with Crippen molar-refractivity contribution < 1.29 is 8.42 Å². The van der Waals surface area contributed by atoms with E-state index >= 15 is 0 Å². The molecule has 1 aromatic carbocycles. The standard InChI is InChI=1S/C14H21N3O2S/c1-10-8-13(16-4)9-11(2)14(10)20(18,19)17(5)12(3)6-7-15/h8-9,12,16H,6H2,1-5H3. The van der Waals surface area contributed by atoms with Gasteiger partial charge >= 0.3 is 0 Å². The highest BCUT2D eigenvalue weighted by Crippen LogP contribution is 2.27. The van der Waals surface area contributed by atoms with E-state index in [0.717, 1.165) is 5.69 Å². The number of nitrogens with zero attached hydrogens (tertiary/aromatic N) is 2. The summed E-state index contributed by atoms with van der Waals surface area (Å²) in [6.45, 7) is 5.29. The number of hydrogen-bond acceptors (Lipinski definition) is 4. The van der Waals surface area contributed by atoms with E-state index in [9.17, 15) is 8.42 Å². The van der Waals surface area contributed by atoms with Crippen LogP contribution in [0.25, 0.3) is 0 Å². The Kier molecular flexibility index (Phi) is 5.15. The van der Waals surface area contributed by atoms with Gasteiger partial charge in [0.05, 0.1) is 17.4 Å². The monoisotopic (exact) mass is 295 g/mol. The van der Waals surface area contributed by atoms with Gasteiger partial charge in [-0.25, -0.2) is 8.42 Å². The molecule has 0 bridgehead atoms. The van der Waals surface area contributed by atoms with Crippen LogP contribution >= 0.6 is 0 Å². The van der Waals surface area contributed by atoms with Crippen molar-refractivity contribution >= 4 is 15.7 Å². The fourth-order valence-electron chi connectivity index (χ4n) is 2.14. The molecule has 1 aromatic rings. The molecule has 110 valence electrons. The van der Waals surface area contributed by atoms with E-state index in [-0.39, 0.29) is 12.5 Å². The van der Waals surface area contributed by atoms with E-state index in [1.165, 1.54) is 11.4 Å². The zero-order valence-corrected chi connectivity index (χ0v) is 13.4. The van der Waals surface area contributed by atoms with Crippen LogP contribution in [-0.2, 0) is 10.0 Å². The molecule has 0 saturated heterocycles. The topological polar surface area (TPSA) is 73.2 Å². The Labute approximate surface area is 121 Å². The predicted molar refractivity (Wildman–Crippen MR) is 80.1 cm³/mol. The average Bonchev–Trinajstić information content (AvgIpc) is 2.36. The molecule has 1 rings (SSSR count). The summed E-state index contributed by atoms with van der Waals surface area (Å²) in [6, 6.07) is 5.27. The van der Waals surface area contributed by atoms with Crippen LogP contribution in [0.5, 0.6) is 0 Å². The molecule has 0 aliphatic carbocycles. The molecule has 1 unspecified atom stereocenters. The SMILES string of the molecule is CNc1cc(C)c(S(=O)(=O)N(C)C(C)CC#N)c(C)c1. The average molecular weight is 295 g/mol. The zero-order chi connectivity index (χ0) is 15.5. The Morgan fingerprint density at radius 3 is 2.25 bits per heavy atom. The van der Waals surface area contributed by atoms with E-state index < -0.39 is 10.0 Å². The largest absolute Gasteiger partial charge is 0.388 e. The first kappa shape index (κ1) is 16.5. The zero-order valence-electron chi connectivity index (χ0n) is 12.6. The maximum atomic E-state index is 12.7. The number of hydrogen-bond donors (Lipinski definition) is 1. The van der Waals surface area contributed by atoms with E-state index in [0.29, 0.717) is 16.0 Å².